The molecule has 4 nitrogen and oxygen atoms in total. The maximum absolute atomic E-state index is 4.76. The molecule has 2 N–H and O–H groups in total. The maximum Gasteiger partial charge on any atom is 0.103 e. The Morgan fingerprint density at radius 2 is 1.31 bits per heavy atom. The van der Waals surface area contributed by atoms with Gasteiger partial charge in [-0.15, -0.1) is 0 Å². The van der Waals surface area contributed by atoms with E-state index in [2.05, 4.69) is 58.5 Å². The van der Waals surface area contributed by atoms with Crippen molar-refractivity contribution < 1.29 is 0 Å². The van der Waals surface area contributed by atoms with Crippen LogP contribution in [0.25, 0.3) is 44.4 Å². The van der Waals surface area contributed by atoms with Crippen molar-refractivity contribution in [1.29, 1.82) is 0 Å². The van der Waals surface area contributed by atoms with Crippen molar-refractivity contribution in [2.24, 2.45) is 0 Å². The van der Waals surface area contributed by atoms with Crippen LogP contribution in [0.1, 0.15) is 34.2 Å². The summed E-state index contributed by atoms with van der Waals surface area (Å²) < 4.78 is 0. The molecule has 0 amide bonds. The zero-order valence-electron chi connectivity index (χ0n) is 18.3. The molecule has 2 aromatic heterocycles. The van der Waals surface area contributed by atoms with E-state index in [0.717, 1.165) is 48.7 Å². The predicted molar refractivity (Wildman–Crippen MR) is 129 cm³/mol. The molecule has 3 aromatic carbocycles. The number of aromatic amines is 2. The zero-order chi connectivity index (χ0) is 21.4. The summed E-state index contributed by atoms with van der Waals surface area (Å²) >= 11 is 0. The normalized spacial score (nSPS) is 14.1. The second-order valence-corrected chi connectivity index (χ2v) is 9.20. The number of aryl methyl sites for hydroxylation is 6. The van der Waals surface area contributed by atoms with Crippen LogP contribution >= 0.6 is 0 Å². The highest BCUT2D eigenvalue weighted by Crippen LogP contribution is 2.39. The molecule has 0 saturated heterocycles. The second kappa shape index (κ2) is 6.42. The molecule has 156 valence electrons. The number of imidazole rings is 2. The Labute approximate surface area is 186 Å². The predicted octanol–water partition coefficient (Wildman–Crippen LogP) is 6.10. The van der Waals surface area contributed by atoms with Crippen molar-refractivity contribution >= 4 is 10.8 Å². The molecule has 0 spiro atoms. The lowest BCUT2D eigenvalue weighted by Crippen LogP contribution is -2.04. The average molecular weight is 417 g/mol. The van der Waals surface area contributed by atoms with Crippen LogP contribution in [0.2, 0.25) is 0 Å². The summed E-state index contributed by atoms with van der Waals surface area (Å²) in [6.45, 7) is 4.08. The van der Waals surface area contributed by atoms with Gasteiger partial charge in [0.25, 0.3) is 0 Å². The van der Waals surface area contributed by atoms with Crippen LogP contribution in [0.3, 0.4) is 0 Å². The molecule has 0 unspecified atom stereocenters. The van der Waals surface area contributed by atoms with E-state index in [9.17, 15) is 0 Å². The topological polar surface area (TPSA) is 57.4 Å². The standard InChI is InChI=1S/C28H24N4/c1-15-29-25-11-6-20-14-18(4-8-22(20)27(25)31-15)17-3-7-21-19(13-17)5-9-24-23(21)10-12-26-28(24)32-16(2)30-26/h3-5,7-9,13-14H,6,10-12H2,1-2H3,(H,29,31)(H,30,32). The Morgan fingerprint density at radius 3 is 2.12 bits per heavy atom. The first-order chi connectivity index (χ1) is 15.6. The smallest absolute Gasteiger partial charge is 0.103 e. The van der Waals surface area contributed by atoms with Crippen LogP contribution in [0.15, 0.2) is 48.5 Å². The molecule has 32 heavy (non-hydrogen) atoms. The van der Waals surface area contributed by atoms with E-state index >= 15 is 0 Å². The molecule has 0 fully saturated rings. The largest absolute Gasteiger partial charge is 0.346 e. The van der Waals surface area contributed by atoms with Crippen LogP contribution in [-0.4, -0.2) is 19.9 Å². The van der Waals surface area contributed by atoms with Crippen molar-refractivity contribution in [3.63, 3.8) is 0 Å². The average Bonchev–Trinajstić information content (AvgIpc) is 3.39. The van der Waals surface area contributed by atoms with Gasteiger partial charge >= 0.3 is 0 Å². The minimum absolute atomic E-state index is 1.00. The van der Waals surface area contributed by atoms with E-state index < -0.39 is 0 Å². The summed E-state index contributed by atoms with van der Waals surface area (Å²) in [5.41, 5.74) is 12.8. The Morgan fingerprint density at radius 1 is 0.656 bits per heavy atom. The molecular weight excluding hydrogens is 392 g/mol. The molecule has 4 heteroatoms. The van der Waals surface area contributed by atoms with Gasteiger partial charge in [-0.3, -0.25) is 0 Å². The number of hydrogen-bond donors (Lipinski definition) is 2. The van der Waals surface area contributed by atoms with Crippen molar-refractivity contribution in [1.82, 2.24) is 19.9 Å². The summed E-state index contributed by atoms with van der Waals surface area (Å²) in [6, 6.07) is 18.3. The molecule has 0 aliphatic heterocycles. The zero-order valence-corrected chi connectivity index (χ0v) is 18.3. The Kier molecular flexibility index (Phi) is 3.61. The lowest BCUT2D eigenvalue weighted by molar-refractivity contribution is 0.905. The first-order valence-electron chi connectivity index (χ1n) is 11.4. The molecule has 0 radical (unpaired) electrons. The van der Waals surface area contributed by atoms with Crippen molar-refractivity contribution in [3.05, 3.63) is 82.7 Å². The third kappa shape index (κ3) is 2.56. The quantitative estimate of drug-likeness (QED) is 0.347. The summed E-state index contributed by atoms with van der Waals surface area (Å²) in [4.78, 5) is 16.3. The van der Waals surface area contributed by atoms with E-state index in [-0.39, 0.29) is 0 Å². The summed E-state index contributed by atoms with van der Waals surface area (Å²) in [5, 5.41) is 2.66. The number of hydrogen-bond acceptors (Lipinski definition) is 2. The van der Waals surface area contributed by atoms with Gasteiger partial charge in [-0.1, -0.05) is 42.5 Å². The van der Waals surface area contributed by atoms with Gasteiger partial charge in [-0.05, 0) is 78.6 Å². The first kappa shape index (κ1) is 18.0. The molecule has 0 saturated carbocycles. The van der Waals surface area contributed by atoms with Crippen molar-refractivity contribution in [3.8, 4) is 33.6 Å². The van der Waals surface area contributed by atoms with Gasteiger partial charge in [0.15, 0.2) is 0 Å². The van der Waals surface area contributed by atoms with Crippen molar-refractivity contribution in [2.75, 3.05) is 0 Å². The van der Waals surface area contributed by atoms with Crippen molar-refractivity contribution in [2.45, 2.75) is 39.5 Å². The van der Waals surface area contributed by atoms with Gasteiger partial charge in [0, 0.05) is 22.5 Å². The molecule has 2 aliphatic rings. The monoisotopic (exact) mass is 416 g/mol. The Hall–Kier alpha value is -3.66. The van der Waals surface area contributed by atoms with Crippen LogP contribution in [0.5, 0.6) is 0 Å². The number of aromatic nitrogens is 4. The van der Waals surface area contributed by atoms with Gasteiger partial charge in [0.1, 0.15) is 11.6 Å². The van der Waals surface area contributed by atoms with Crippen LogP contribution in [-0.2, 0) is 25.7 Å². The lowest BCUT2D eigenvalue weighted by atomic mass is 9.86. The summed E-state index contributed by atoms with van der Waals surface area (Å²) in [6.07, 6.45) is 4.18. The Balaban J connectivity index is 1.32. The number of benzene rings is 3. The molecule has 5 aromatic rings. The van der Waals surface area contributed by atoms with Gasteiger partial charge < -0.3 is 9.97 Å². The Bertz CT molecular complexity index is 1550. The van der Waals surface area contributed by atoms with Gasteiger partial charge in [0.2, 0.25) is 0 Å². The number of nitrogens with one attached hydrogen (secondary N) is 2. The third-order valence-electron chi connectivity index (χ3n) is 7.14. The highest BCUT2D eigenvalue weighted by atomic mass is 14.9. The van der Waals surface area contributed by atoms with E-state index in [1.165, 1.54) is 55.5 Å². The number of H-pyrrole nitrogens is 2. The number of rotatable bonds is 1. The van der Waals surface area contributed by atoms with Crippen LogP contribution in [0, 0.1) is 13.8 Å². The second-order valence-electron chi connectivity index (χ2n) is 9.20. The fourth-order valence-electron chi connectivity index (χ4n) is 5.67. The summed E-state index contributed by atoms with van der Waals surface area (Å²) in [5.74, 6) is 2.00. The molecule has 0 bridgehead atoms. The van der Waals surface area contributed by atoms with E-state index in [1.54, 1.807) is 0 Å². The summed E-state index contributed by atoms with van der Waals surface area (Å²) in [7, 11) is 0. The van der Waals surface area contributed by atoms with E-state index in [0.29, 0.717) is 0 Å². The van der Waals surface area contributed by atoms with Gasteiger partial charge in [-0.2, -0.15) is 0 Å². The minimum atomic E-state index is 1.00. The fraction of sp³-hybridized carbons (Fsp3) is 0.214. The molecule has 0 atom stereocenters. The fourth-order valence-corrected chi connectivity index (χ4v) is 5.67. The van der Waals surface area contributed by atoms with Crippen LogP contribution < -0.4 is 0 Å². The highest BCUT2D eigenvalue weighted by Gasteiger charge is 2.22. The SMILES string of the molecule is Cc1nc2c([nH]1)CCc1cc(-c3ccc4c5c(ccc4c3)-c3nc(C)[nH]c3CC5)ccc1-2. The molecule has 2 aliphatic carbocycles. The minimum Gasteiger partial charge on any atom is -0.346 e. The highest BCUT2D eigenvalue weighted by molar-refractivity contribution is 5.95. The van der Waals surface area contributed by atoms with Gasteiger partial charge in [0.05, 0.1) is 11.4 Å². The first-order valence-corrected chi connectivity index (χ1v) is 11.4. The number of nitrogens with zero attached hydrogens (tertiary/aromatic N) is 2. The molecule has 2 heterocycles. The third-order valence-corrected chi connectivity index (χ3v) is 7.14. The van der Waals surface area contributed by atoms with Crippen LogP contribution in [0.4, 0.5) is 0 Å². The molecule has 7 rings (SSSR count). The molecular formula is C28H24N4. The lowest BCUT2D eigenvalue weighted by Gasteiger charge is -2.19. The maximum atomic E-state index is 4.76. The number of fused-ring (bicyclic) bond motifs is 8. The van der Waals surface area contributed by atoms with E-state index in [1.807, 2.05) is 13.8 Å². The van der Waals surface area contributed by atoms with E-state index in [4.69, 9.17) is 9.97 Å². The van der Waals surface area contributed by atoms with Gasteiger partial charge in [-0.25, -0.2) is 9.97 Å².